The van der Waals surface area contributed by atoms with E-state index in [0.29, 0.717) is 16.8 Å². The van der Waals surface area contributed by atoms with Gasteiger partial charge in [0, 0.05) is 11.7 Å². The molecule has 2 N–H and O–H groups in total. The molecule has 3 aromatic rings. The quantitative estimate of drug-likeness (QED) is 0.543. The number of nitrogens with one attached hydrogen (secondary N) is 2. The zero-order valence-corrected chi connectivity index (χ0v) is 18.7. The summed E-state index contributed by atoms with van der Waals surface area (Å²) in [7, 11) is 0. The number of carbonyl (C=O) groups is 3. The van der Waals surface area contributed by atoms with Gasteiger partial charge in [-0.25, -0.2) is 9.18 Å². The predicted molar refractivity (Wildman–Crippen MR) is 121 cm³/mol. The molecule has 0 unspecified atom stereocenters. The van der Waals surface area contributed by atoms with Gasteiger partial charge in [0.25, 0.3) is 5.91 Å². The van der Waals surface area contributed by atoms with Gasteiger partial charge in [-0.05, 0) is 61.4 Å². The van der Waals surface area contributed by atoms with Crippen LogP contribution in [0.25, 0.3) is 0 Å². The number of amides is 3. The van der Waals surface area contributed by atoms with Crippen LogP contribution in [0.3, 0.4) is 0 Å². The summed E-state index contributed by atoms with van der Waals surface area (Å²) < 4.78 is 24.0. The lowest BCUT2D eigenvalue weighted by Gasteiger charge is -2.25. The molecule has 176 valence electrons. The topological polar surface area (TPSA) is 101 Å². The number of nitrogens with zero attached hydrogens (tertiary/aromatic N) is 1. The number of furan rings is 1. The maximum Gasteiger partial charge on any atom is 0.411 e. The lowest BCUT2D eigenvalue weighted by atomic mass is 10.00. The number of hydrogen-bond acceptors (Lipinski definition) is 5. The molecular weight excluding hydrogens is 441 g/mol. The van der Waals surface area contributed by atoms with Gasteiger partial charge in [0.05, 0.1) is 12.8 Å². The Morgan fingerprint density at radius 1 is 1.06 bits per heavy atom. The van der Waals surface area contributed by atoms with Crippen LogP contribution in [0.1, 0.15) is 41.6 Å². The molecule has 2 atom stereocenters. The smallest absolute Gasteiger partial charge is 0.411 e. The monoisotopic (exact) mass is 465 g/mol. The van der Waals surface area contributed by atoms with E-state index in [4.69, 9.17) is 9.15 Å². The summed E-state index contributed by atoms with van der Waals surface area (Å²) in [4.78, 5) is 39.3. The number of rotatable bonds is 7. The van der Waals surface area contributed by atoms with E-state index in [0.717, 1.165) is 0 Å². The van der Waals surface area contributed by atoms with Crippen molar-refractivity contribution in [2.24, 2.45) is 0 Å². The Balaban J connectivity index is 1.56. The van der Waals surface area contributed by atoms with Crippen LogP contribution in [0, 0.1) is 5.82 Å². The van der Waals surface area contributed by atoms with E-state index in [2.05, 4.69) is 10.6 Å². The van der Waals surface area contributed by atoms with Crippen LogP contribution >= 0.6 is 0 Å². The third-order valence-corrected chi connectivity index (χ3v) is 5.29. The summed E-state index contributed by atoms with van der Waals surface area (Å²) in [6.45, 7) is 3.74. The molecular formula is C25H24FN3O5. The highest BCUT2D eigenvalue weighted by molar-refractivity contribution is 6.02. The van der Waals surface area contributed by atoms with Crippen LogP contribution in [-0.2, 0) is 16.1 Å². The second-order valence-electron chi connectivity index (χ2n) is 8.22. The Bertz CT molecular complexity index is 1160. The van der Waals surface area contributed by atoms with Gasteiger partial charge in [0.1, 0.15) is 5.82 Å². The van der Waals surface area contributed by atoms with Crippen molar-refractivity contribution in [3.8, 4) is 0 Å². The van der Waals surface area contributed by atoms with E-state index < -0.39 is 24.1 Å². The second kappa shape index (κ2) is 9.78. The number of cyclic esters (lactones) is 1. The number of halogens is 1. The van der Waals surface area contributed by atoms with E-state index in [-0.39, 0.29) is 30.1 Å². The SMILES string of the molecule is CC(C)NC(=O)[C@H]1[C@H](c2ccc(NC(=O)c3ccco3)cc2)OC(=O)N1Cc1ccc(F)cc1. The van der Waals surface area contributed by atoms with Gasteiger partial charge in [-0.15, -0.1) is 0 Å². The van der Waals surface area contributed by atoms with Crippen molar-refractivity contribution < 1.29 is 27.9 Å². The summed E-state index contributed by atoms with van der Waals surface area (Å²) in [6, 6.07) is 14.5. The Morgan fingerprint density at radius 2 is 1.76 bits per heavy atom. The lowest BCUT2D eigenvalue weighted by Crippen LogP contribution is -2.48. The molecule has 0 spiro atoms. The Kier molecular flexibility index (Phi) is 6.62. The molecule has 0 saturated carbocycles. The second-order valence-corrected chi connectivity index (χ2v) is 8.22. The summed E-state index contributed by atoms with van der Waals surface area (Å²) in [6.07, 6.45) is -0.0955. The summed E-state index contributed by atoms with van der Waals surface area (Å²) in [5.41, 5.74) is 1.77. The first-order valence-electron chi connectivity index (χ1n) is 10.8. The maximum atomic E-state index is 13.3. The van der Waals surface area contributed by atoms with Gasteiger partial charge in [-0.3, -0.25) is 14.5 Å². The highest BCUT2D eigenvalue weighted by atomic mass is 19.1. The molecule has 2 heterocycles. The van der Waals surface area contributed by atoms with Gasteiger partial charge in [-0.1, -0.05) is 24.3 Å². The normalized spacial score (nSPS) is 17.5. The Labute approximate surface area is 195 Å². The van der Waals surface area contributed by atoms with Gasteiger partial charge in [0.15, 0.2) is 17.9 Å². The highest BCUT2D eigenvalue weighted by Crippen LogP contribution is 2.34. The number of ether oxygens (including phenoxy) is 1. The number of hydrogen-bond donors (Lipinski definition) is 2. The Hall–Kier alpha value is -4.14. The van der Waals surface area contributed by atoms with Gasteiger partial charge >= 0.3 is 6.09 Å². The van der Waals surface area contributed by atoms with E-state index in [1.54, 1.807) is 48.5 Å². The van der Waals surface area contributed by atoms with Crippen molar-refractivity contribution >= 4 is 23.6 Å². The lowest BCUT2D eigenvalue weighted by molar-refractivity contribution is -0.126. The van der Waals surface area contributed by atoms with Gasteiger partial charge in [-0.2, -0.15) is 0 Å². The summed E-state index contributed by atoms with van der Waals surface area (Å²) in [5.74, 6) is -0.970. The fourth-order valence-electron chi connectivity index (χ4n) is 3.72. The molecule has 1 fully saturated rings. The maximum absolute atomic E-state index is 13.3. The van der Waals surface area contributed by atoms with Crippen LogP contribution in [0.15, 0.2) is 71.3 Å². The van der Waals surface area contributed by atoms with Crippen LogP contribution in [0.5, 0.6) is 0 Å². The fraction of sp³-hybridized carbons (Fsp3) is 0.240. The van der Waals surface area contributed by atoms with Crippen LogP contribution in [0.2, 0.25) is 0 Å². The fourth-order valence-corrected chi connectivity index (χ4v) is 3.72. The zero-order valence-electron chi connectivity index (χ0n) is 18.7. The van der Waals surface area contributed by atoms with Crippen LogP contribution in [0.4, 0.5) is 14.9 Å². The minimum absolute atomic E-state index is 0.0864. The van der Waals surface area contributed by atoms with Crippen molar-refractivity contribution in [1.82, 2.24) is 10.2 Å². The van der Waals surface area contributed by atoms with Gasteiger partial charge < -0.3 is 19.8 Å². The molecule has 0 bridgehead atoms. The first-order chi connectivity index (χ1) is 16.3. The molecule has 34 heavy (non-hydrogen) atoms. The molecule has 0 aliphatic carbocycles. The number of benzene rings is 2. The molecule has 3 amide bonds. The van der Waals surface area contributed by atoms with Crippen molar-refractivity contribution in [2.45, 2.75) is 38.6 Å². The number of carbonyl (C=O) groups excluding carboxylic acids is 3. The van der Waals surface area contributed by atoms with Crippen molar-refractivity contribution in [3.05, 3.63) is 89.6 Å². The summed E-state index contributed by atoms with van der Waals surface area (Å²) in [5, 5.41) is 5.56. The van der Waals surface area contributed by atoms with Gasteiger partial charge in [0.2, 0.25) is 5.91 Å². The molecule has 8 nitrogen and oxygen atoms in total. The summed E-state index contributed by atoms with van der Waals surface area (Å²) >= 11 is 0. The van der Waals surface area contributed by atoms with E-state index in [9.17, 15) is 18.8 Å². The third kappa shape index (κ3) is 5.09. The van der Waals surface area contributed by atoms with Crippen LogP contribution < -0.4 is 10.6 Å². The van der Waals surface area contributed by atoms with Crippen molar-refractivity contribution in [2.75, 3.05) is 5.32 Å². The molecule has 1 aliphatic heterocycles. The molecule has 1 aromatic heterocycles. The molecule has 1 saturated heterocycles. The molecule has 0 radical (unpaired) electrons. The first-order valence-corrected chi connectivity index (χ1v) is 10.8. The number of anilines is 1. The minimum Gasteiger partial charge on any atom is -0.459 e. The van der Waals surface area contributed by atoms with E-state index in [1.165, 1.54) is 23.3 Å². The van der Waals surface area contributed by atoms with E-state index in [1.807, 2.05) is 13.8 Å². The molecule has 1 aliphatic rings. The van der Waals surface area contributed by atoms with Crippen molar-refractivity contribution in [3.63, 3.8) is 0 Å². The van der Waals surface area contributed by atoms with Crippen molar-refractivity contribution in [1.29, 1.82) is 0 Å². The first kappa shape index (κ1) is 23.0. The minimum atomic E-state index is -0.927. The third-order valence-electron chi connectivity index (χ3n) is 5.29. The van der Waals surface area contributed by atoms with E-state index >= 15 is 0 Å². The zero-order chi connectivity index (χ0) is 24.2. The highest BCUT2D eigenvalue weighted by Gasteiger charge is 2.47. The standard InChI is InChI=1S/C25H24FN3O5/c1-15(2)27-24(31)21-22(34-25(32)29(21)14-16-5-9-18(26)10-6-16)17-7-11-19(12-8-17)28-23(30)20-4-3-13-33-20/h3-13,15,21-22H,14H2,1-2H3,(H,27,31)(H,28,30)/t21-,22+/m1/s1. The molecule has 4 rings (SSSR count). The predicted octanol–water partition coefficient (Wildman–Crippen LogP) is 4.26. The largest absolute Gasteiger partial charge is 0.459 e. The average Bonchev–Trinajstić information content (AvgIpc) is 3.44. The average molecular weight is 465 g/mol. The molecule has 9 heteroatoms. The Morgan fingerprint density at radius 3 is 2.38 bits per heavy atom. The molecule has 2 aromatic carbocycles. The van der Waals surface area contributed by atoms with Crippen LogP contribution in [-0.4, -0.2) is 34.9 Å².